The summed E-state index contributed by atoms with van der Waals surface area (Å²) in [6.45, 7) is 3.39. The van der Waals surface area contributed by atoms with Crippen molar-refractivity contribution >= 4 is 15.9 Å². The van der Waals surface area contributed by atoms with Gasteiger partial charge in [0.05, 0.1) is 5.25 Å². The minimum Gasteiger partial charge on any atom is -0.274 e. The SMILES string of the molecule is CC[C@H](C)S(=O)(=O)NC(=O)C[C@H]1C=CCC1. The first-order valence-corrected chi connectivity index (χ1v) is 7.21. The first-order valence-electron chi connectivity index (χ1n) is 5.66. The van der Waals surface area contributed by atoms with Gasteiger partial charge in [-0.1, -0.05) is 19.1 Å². The molecule has 2 atom stereocenters. The minimum absolute atomic E-state index is 0.201. The Hall–Kier alpha value is -0.840. The summed E-state index contributed by atoms with van der Waals surface area (Å²) in [4.78, 5) is 11.5. The standard InChI is InChI=1S/C11H19NO3S/c1-3-9(2)16(14,15)12-11(13)8-10-6-4-5-7-10/h4,6,9-10H,3,5,7-8H2,1-2H3,(H,12,13)/t9-,10-/m0/s1. The molecule has 0 saturated heterocycles. The molecule has 92 valence electrons. The van der Waals surface area contributed by atoms with Gasteiger partial charge < -0.3 is 0 Å². The van der Waals surface area contributed by atoms with E-state index in [1.807, 2.05) is 12.2 Å². The molecular weight excluding hydrogens is 226 g/mol. The third-order valence-corrected chi connectivity index (χ3v) is 4.83. The second-order valence-corrected chi connectivity index (χ2v) is 6.36. The van der Waals surface area contributed by atoms with Crippen LogP contribution in [0.3, 0.4) is 0 Å². The third-order valence-electron chi connectivity index (χ3n) is 2.92. The maximum atomic E-state index is 11.6. The number of carbonyl (C=O) groups is 1. The monoisotopic (exact) mass is 245 g/mol. The smallest absolute Gasteiger partial charge is 0.237 e. The largest absolute Gasteiger partial charge is 0.274 e. The lowest BCUT2D eigenvalue weighted by atomic mass is 10.1. The Labute approximate surface area is 97.2 Å². The normalized spacial score (nSPS) is 22.0. The molecule has 4 nitrogen and oxygen atoms in total. The summed E-state index contributed by atoms with van der Waals surface area (Å²) in [6.07, 6.45) is 6.71. The van der Waals surface area contributed by atoms with Crippen LogP contribution in [0.1, 0.15) is 39.5 Å². The first kappa shape index (κ1) is 13.2. The van der Waals surface area contributed by atoms with Crippen molar-refractivity contribution in [3.63, 3.8) is 0 Å². The van der Waals surface area contributed by atoms with Gasteiger partial charge in [0.25, 0.3) is 0 Å². The van der Waals surface area contributed by atoms with Crippen molar-refractivity contribution in [1.29, 1.82) is 0 Å². The highest BCUT2D eigenvalue weighted by Gasteiger charge is 2.23. The van der Waals surface area contributed by atoms with E-state index in [-0.39, 0.29) is 12.3 Å². The topological polar surface area (TPSA) is 63.2 Å². The van der Waals surface area contributed by atoms with E-state index in [1.54, 1.807) is 13.8 Å². The molecule has 0 fully saturated rings. The van der Waals surface area contributed by atoms with Gasteiger partial charge in [-0.3, -0.25) is 9.52 Å². The van der Waals surface area contributed by atoms with Crippen molar-refractivity contribution in [2.24, 2.45) is 5.92 Å². The predicted molar refractivity (Wildman–Crippen MR) is 63.3 cm³/mol. The van der Waals surface area contributed by atoms with Gasteiger partial charge in [-0.2, -0.15) is 0 Å². The summed E-state index contributed by atoms with van der Waals surface area (Å²) in [6, 6.07) is 0. The zero-order chi connectivity index (χ0) is 12.2. The van der Waals surface area contributed by atoms with Gasteiger partial charge in [-0.05, 0) is 32.1 Å². The van der Waals surface area contributed by atoms with Gasteiger partial charge in [0, 0.05) is 6.42 Å². The number of nitrogens with one attached hydrogen (secondary N) is 1. The van der Waals surface area contributed by atoms with Crippen LogP contribution in [0.5, 0.6) is 0 Å². The summed E-state index contributed by atoms with van der Waals surface area (Å²) in [5.74, 6) is -0.191. The number of amides is 1. The fourth-order valence-electron chi connectivity index (χ4n) is 1.62. The number of rotatable bonds is 5. The van der Waals surface area contributed by atoms with Crippen LogP contribution in [-0.2, 0) is 14.8 Å². The number of allylic oxidation sites excluding steroid dienone is 2. The van der Waals surface area contributed by atoms with E-state index in [4.69, 9.17) is 0 Å². The average molecular weight is 245 g/mol. The van der Waals surface area contributed by atoms with Crippen molar-refractivity contribution in [2.45, 2.75) is 44.8 Å². The maximum Gasteiger partial charge on any atom is 0.237 e. The molecule has 0 radical (unpaired) electrons. The first-order chi connectivity index (χ1) is 7.45. The lowest BCUT2D eigenvalue weighted by Gasteiger charge is -2.13. The Bertz CT molecular complexity index is 373. The molecule has 0 aromatic rings. The number of hydrogen-bond donors (Lipinski definition) is 1. The zero-order valence-electron chi connectivity index (χ0n) is 9.77. The summed E-state index contributed by atoms with van der Waals surface area (Å²) in [5, 5.41) is -0.518. The van der Waals surface area contributed by atoms with Crippen LogP contribution >= 0.6 is 0 Å². The fraction of sp³-hybridized carbons (Fsp3) is 0.727. The summed E-state index contributed by atoms with van der Waals surface area (Å²) >= 11 is 0. The highest BCUT2D eigenvalue weighted by molar-refractivity contribution is 7.90. The van der Waals surface area contributed by atoms with E-state index in [9.17, 15) is 13.2 Å². The molecule has 0 saturated carbocycles. The zero-order valence-corrected chi connectivity index (χ0v) is 10.6. The number of carbonyl (C=O) groups excluding carboxylic acids is 1. The molecule has 16 heavy (non-hydrogen) atoms. The highest BCUT2D eigenvalue weighted by atomic mass is 32.2. The lowest BCUT2D eigenvalue weighted by molar-refractivity contribution is -0.119. The van der Waals surface area contributed by atoms with Gasteiger partial charge in [-0.25, -0.2) is 8.42 Å². The highest BCUT2D eigenvalue weighted by Crippen LogP contribution is 2.20. The molecule has 0 aromatic heterocycles. The molecule has 0 aliphatic heterocycles. The molecule has 0 spiro atoms. The van der Waals surface area contributed by atoms with Crippen LogP contribution in [0.25, 0.3) is 0 Å². The van der Waals surface area contributed by atoms with Gasteiger partial charge in [0.2, 0.25) is 15.9 Å². The van der Waals surface area contributed by atoms with Crippen molar-refractivity contribution in [1.82, 2.24) is 4.72 Å². The second-order valence-electron chi connectivity index (χ2n) is 4.26. The minimum atomic E-state index is -3.47. The van der Waals surface area contributed by atoms with Crippen LogP contribution in [0.15, 0.2) is 12.2 Å². The van der Waals surface area contributed by atoms with Crippen LogP contribution in [0.4, 0.5) is 0 Å². The predicted octanol–water partition coefficient (Wildman–Crippen LogP) is 1.59. The van der Waals surface area contributed by atoms with E-state index in [0.717, 1.165) is 12.8 Å². The van der Waals surface area contributed by atoms with E-state index >= 15 is 0 Å². The van der Waals surface area contributed by atoms with Gasteiger partial charge >= 0.3 is 0 Å². The summed E-state index contributed by atoms with van der Waals surface area (Å²) in [5.41, 5.74) is 0. The molecule has 1 aliphatic rings. The van der Waals surface area contributed by atoms with Crippen LogP contribution in [0.2, 0.25) is 0 Å². The van der Waals surface area contributed by atoms with Gasteiger partial charge in [0.15, 0.2) is 0 Å². The molecule has 1 N–H and O–H groups in total. The average Bonchev–Trinajstić information content (AvgIpc) is 2.67. The van der Waals surface area contributed by atoms with Crippen LogP contribution < -0.4 is 4.72 Å². The molecule has 0 aromatic carbocycles. The molecule has 1 aliphatic carbocycles. The maximum absolute atomic E-state index is 11.6. The van der Waals surface area contributed by atoms with Gasteiger partial charge in [-0.15, -0.1) is 0 Å². The number of hydrogen-bond acceptors (Lipinski definition) is 3. The van der Waals surface area contributed by atoms with Crippen molar-refractivity contribution in [3.8, 4) is 0 Å². The molecule has 0 heterocycles. The van der Waals surface area contributed by atoms with Gasteiger partial charge in [0.1, 0.15) is 0 Å². The van der Waals surface area contributed by atoms with Crippen molar-refractivity contribution < 1.29 is 13.2 Å². The summed E-state index contributed by atoms with van der Waals surface area (Å²) in [7, 11) is -3.47. The van der Waals surface area contributed by atoms with Crippen molar-refractivity contribution in [3.05, 3.63) is 12.2 Å². The second kappa shape index (κ2) is 5.48. The summed E-state index contributed by atoms with van der Waals surface area (Å²) < 4.78 is 25.3. The molecule has 1 amide bonds. The molecule has 0 unspecified atom stereocenters. The van der Waals surface area contributed by atoms with E-state index in [1.165, 1.54) is 0 Å². The van der Waals surface area contributed by atoms with Crippen LogP contribution in [0, 0.1) is 5.92 Å². The van der Waals surface area contributed by atoms with E-state index < -0.39 is 21.2 Å². The molecule has 5 heteroatoms. The lowest BCUT2D eigenvalue weighted by Crippen LogP contribution is -2.37. The van der Waals surface area contributed by atoms with Crippen LogP contribution in [-0.4, -0.2) is 19.6 Å². The Morgan fingerprint density at radius 3 is 2.75 bits per heavy atom. The Morgan fingerprint density at radius 1 is 1.56 bits per heavy atom. The van der Waals surface area contributed by atoms with Crippen molar-refractivity contribution in [2.75, 3.05) is 0 Å². The Kier molecular flexibility index (Phi) is 4.53. The Balaban J connectivity index is 2.47. The van der Waals surface area contributed by atoms with E-state index in [0.29, 0.717) is 6.42 Å². The number of sulfonamides is 1. The molecule has 0 bridgehead atoms. The fourth-order valence-corrected chi connectivity index (χ4v) is 2.66. The molecular formula is C11H19NO3S. The molecule has 1 rings (SSSR count). The Morgan fingerprint density at radius 2 is 2.25 bits per heavy atom. The quantitative estimate of drug-likeness (QED) is 0.748. The third kappa shape index (κ3) is 3.63. The van der Waals surface area contributed by atoms with E-state index in [2.05, 4.69) is 4.72 Å².